The summed E-state index contributed by atoms with van der Waals surface area (Å²) < 4.78 is 0. The van der Waals surface area contributed by atoms with Gasteiger partial charge in [0.25, 0.3) is 0 Å². The molecule has 19 heavy (non-hydrogen) atoms. The van der Waals surface area contributed by atoms with Crippen LogP contribution in [0.1, 0.15) is 52.5 Å². The van der Waals surface area contributed by atoms with Crippen LogP contribution in [0.3, 0.4) is 0 Å². The predicted octanol–water partition coefficient (Wildman–Crippen LogP) is 3.40. The summed E-state index contributed by atoms with van der Waals surface area (Å²) in [6.07, 6.45) is 6.27. The zero-order valence-electron chi connectivity index (χ0n) is 12.9. The number of rotatable bonds is 7. The molecular weight excluding hydrogens is 234 g/mol. The number of nitrogens with zero attached hydrogens (tertiary/aromatic N) is 1. The van der Waals surface area contributed by atoms with Gasteiger partial charge >= 0.3 is 0 Å². The van der Waals surface area contributed by atoms with Crippen LogP contribution in [0.4, 0.5) is 5.82 Å². The number of nitrogen functional groups attached to an aromatic ring is 1. The van der Waals surface area contributed by atoms with Crippen molar-refractivity contribution < 1.29 is 0 Å². The van der Waals surface area contributed by atoms with Gasteiger partial charge in [0, 0.05) is 12.2 Å². The van der Waals surface area contributed by atoms with Gasteiger partial charge in [0.05, 0.1) is 0 Å². The molecule has 0 radical (unpaired) electrons. The second kappa shape index (κ2) is 7.49. The molecule has 0 aliphatic rings. The maximum absolute atomic E-state index is 5.88. The highest BCUT2D eigenvalue weighted by atomic mass is 14.9. The first-order chi connectivity index (χ1) is 8.95. The Bertz CT molecular complexity index is 369. The number of hydrogen-bond donors (Lipinski definition) is 2. The molecule has 1 aromatic rings. The van der Waals surface area contributed by atoms with Gasteiger partial charge in [0.1, 0.15) is 5.82 Å². The molecular formula is C16H29N3. The van der Waals surface area contributed by atoms with Crippen LogP contribution in [0.25, 0.3) is 0 Å². The van der Waals surface area contributed by atoms with Gasteiger partial charge in [-0.1, -0.05) is 33.8 Å². The fourth-order valence-electron chi connectivity index (χ4n) is 2.32. The quantitative estimate of drug-likeness (QED) is 0.792. The van der Waals surface area contributed by atoms with Crippen LogP contribution in [0.15, 0.2) is 18.3 Å². The van der Waals surface area contributed by atoms with Crippen molar-refractivity contribution in [2.75, 3.05) is 12.3 Å². The molecule has 3 heteroatoms. The number of pyridine rings is 1. The molecule has 0 aliphatic heterocycles. The van der Waals surface area contributed by atoms with E-state index in [4.69, 9.17) is 5.73 Å². The summed E-state index contributed by atoms with van der Waals surface area (Å²) in [6.45, 7) is 10.2. The Morgan fingerprint density at radius 1 is 1.37 bits per heavy atom. The predicted molar refractivity (Wildman–Crippen MR) is 83.1 cm³/mol. The maximum atomic E-state index is 5.88. The van der Waals surface area contributed by atoms with E-state index in [1.807, 2.05) is 6.07 Å². The van der Waals surface area contributed by atoms with Crippen LogP contribution in [0.5, 0.6) is 0 Å². The fourth-order valence-corrected chi connectivity index (χ4v) is 2.32. The van der Waals surface area contributed by atoms with Crippen LogP contribution >= 0.6 is 0 Å². The Morgan fingerprint density at radius 3 is 2.68 bits per heavy atom. The van der Waals surface area contributed by atoms with Gasteiger partial charge in [-0.05, 0) is 49.3 Å². The van der Waals surface area contributed by atoms with E-state index in [0.717, 1.165) is 19.4 Å². The molecule has 3 nitrogen and oxygen atoms in total. The zero-order valence-corrected chi connectivity index (χ0v) is 12.9. The van der Waals surface area contributed by atoms with Crippen molar-refractivity contribution in [3.63, 3.8) is 0 Å². The topological polar surface area (TPSA) is 50.9 Å². The molecule has 0 saturated heterocycles. The maximum Gasteiger partial charge on any atom is 0.126 e. The molecule has 0 fully saturated rings. The lowest BCUT2D eigenvalue weighted by Crippen LogP contribution is -2.40. The van der Waals surface area contributed by atoms with E-state index < -0.39 is 0 Å². The Balaban J connectivity index is 2.46. The number of nitrogens with two attached hydrogens (primary N) is 1. The van der Waals surface area contributed by atoms with Gasteiger partial charge < -0.3 is 11.1 Å². The Labute approximate surface area is 118 Å². The zero-order chi connectivity index (χ0) is 14.3. The van der Waals surface area contributed by atoms with Crippen molar-refractivity contribution in [1.82, 2.24) is 10.3 Å². The van der Waals surface area contributed by atoms with Gasteiger partial charge in [0.15, 0.2) is 0 Å². The smallest absolute Gasteiger partial charge is 0.126 e. The minimum Gasteiger partial charge on any atom is -0.383 e. The third-order valence-corrected chi connectivity index (χ3v) is 3.55. The van der Waals surface area contributed by atoms with Crippen LogP contribution in [0, 0.1) is 5.41 Å². The molecule has 0 aliphatic carbocycles. The summed E-state index contributed by atoms with van der Waals surface area (Å²) in [7, 11) is 0. The lowest BCUT2D eigenvalue weighted by Gasteiger charge is -2.32. The third-order valence-electron chi connectivity index (χ3n) is 3.55. The van der Waals surface area contributed by atoms with E-state index in [0.29, 0.717) is 17.3 Å². The van der Waals surface area contributed by atoms with Crippen molar-refractivity contribution in [2.45, 2.75) is 59.4 Å². The Hall–Kier alpha value is -1.09. The Kier molecular flexibility index (Phi) is 6.29. The highest BCUT2D eigenvalue weighted by Gasteiger charge is 2.23. The number of anilines is 1. The summed E-state index contributed by atoms with van der Waals surface area (Å²) in [4.78, 5) is 4.14. The minimum atomic E-state index is 0.301. The monoisotopic (exact) mass is 263 g/mol. The third kappa shape index (κ3) is 5.60. The van der Waals surface area contributed by atoms with E-state index in [2.05, 4.69) is 44.1 Å². The van der Waals surface area contributed by atoms with Crippen LogP contribution in [-0.2, 0) is 6.42 Å². The molecule has 1 heterocycles. The number of hydrogen-bond acceptors (Lipinski definition) is 3. The van der Waals surface area contributed by atoms with E-state index in [1.165, 1.54) is 18.4 Å². The van der Waals surface area contributed by atoms with Crippen LogP contribution in [0.2, 0.25) is 0 Å². The standard InChI is InChI=1S/C16H29N3/c1-5-11-18-14(16(2,3)4)10-6-8-13-9-7-12-19-15(13)17/h7,9,12,14,18H,5-6,8,10-11H2,1-4H3,(H2,17,19). The summed E-state index contributed by atoms with van der Waals surface area (Å²) in [5.74, 6) is 0.677. The summed E-state index contributed by atoms with van der Waals surface area (Å²) in [6, 6.07) is 4.60. The summed E-state index contributed by atoms with van der Waals surface area (Å²) in [5, 5.41) is 3.66. The molecule has 3 N–H and O–H groups in total. The molecule has 1 unspecified atom stereocenters. The molecule has 1 rings (SSSR count). The van der Waals surface area contributed by atoms with E-state index in [1.54, 1.807) is 6.20 Å². The molecule has 0 bridgehead atoms. The molecule has 0 amide bonds. The van der Waals surface area contributed by atoms with Crippen LogP contribution < -0.4 is 11.1 Å². The van der Waals surface area contributed by atoms with Crippen LogP contribution in [-0.4, -0.2) is 17.6 Å². The van der Waals surface area contributed by atoms with Gasteiger partial charge in [-0.15, -0.1) is 0 Å². The molecule has 108 valence electrons. The highest BCUT2D eigenvalue weighted by Crippen LogP contribution is 2.24. The number of aromatic nitrogens is 1. The second-order valence-electron chi connectivity index (χ2n) is 6.31. The van der Waals surface area contributed by atoms with Gasteiger partial charge in [0.2, 0.25) is 0 Å². The fraction of sp³-hybridized carbons (Fsp3) is 0.688. The second-order valence-corrected chi connectivity index (χ2v) is 6.31. The SMILES string of the molecule is CCCNC(CCCc1cccnc1N)C(C)(C)C. The van der Waals surface area contributed by atoms with Crippen molar-refractivity contribution in [1.29, 1.82) is 0 Å². The lowest BCUT2D eigenvalue weighted by molar-refractivity contribution is 0.251. The lowest BCUT2D eigenvalue weighted by atomic mass is 9.83. The first-order valence-corrected chi connectivity index (χ1v) is 7.38. The Morgan fingerprint density at radius 2 is 2.11 bits per heavy atom. The summed E-state index contributed by atoms with van der Waals surface area (Å²) >= 11 is 0. The molecule has 1 aromatic heterocycles. The van der Waals surface area contributed by atoms with Gasteiger partial charge in [-0.25, -0.2) is 4.98 Å². The highest BCUT2D eigenvalue weighted by molar-refractivity contribution is 5.38. The molecule has 0 spiro atoms. The van der Waals surface area contributed by atoms with E-state index >= 15 is 0 Å². The number of aryl methyl sites for hydroxylation is 1. The van der Waals surface area contributed by atoms with Crippen molar-refractivity contribution in [3.8, 4) is 0 Å². The molecule has 0 saturated carbocycles. The average molecular weight is 263 g/mol. The minimum absolute atomic E-state index is 0.301. The first-order valence-electron chi connectivity index (χ1n) is 7.38. The number of nitrogens with one attached hydrogen (secondary N) is 1. The molecule has 0 aromatic carbocycles. The summed E-state index contributed by atoms with van der Waals surface area (Å²) in [5.41, 5.74) is 7.35. The van der Waals surface area contributed by atoms with Crippen molar-refractivity contribution in [2.24, 2.45) is 5.41 Å². The first kappa shape index (κ1) is 16.0. The van der Waals surface area contributed by atoms with E-state index in [9.17, 15) is 0 Å². The van der Waals surface area contributed by atoms with Gasteiger partial charge in [-0.3, -0.25) is 0 Å². The average Bonchev–Trinajstić information content (AvgIpc) is 2.34. The van der Waals surface area contributed by atoms with Gasteiger partial charge in [-0.2, -0.15) is 0 Å². The van der Waals surface area contributed by atoms with Crippen molar-refractivity contribution in [3.05, 3.63) is 23.9 Å². The largest absolute Gasteiger partial charge is 0.383 e. The van der Waals surface area contributed by atoms with Crippen molar-refractivity contribution >= 4 is 5.82 Å². The molecule has 1 atom stereocenters. The normalized spacial score (nSPS) is 13.5. The van der Waals surface area contributed by atoms with E-state index in [-0.39, 0.29) is 0 Å².